The summed E-state index contributed by atoms with van der Waals surface area (Å²) < 4.78 is 13.7. The largest absolute Gasteiger partial charge is 0.312 e. The number of halogens is 2. The van der Waals surface area contributed by atoms with Crippen LogP contribution in [0.2, 0.25) is 5.02 Å². The van der Waals surface area contributed by atoms with Crippen LogP contribution in [0.1, 0.15) is 26.4 Å². The molecule has 0 aliphatic carbocycles. The van der Waals surface area contributed by atoms with Crippen molar-refractivity contribution in [3.63, 3.8) is 0 Å². The molecule has 1 heterocycles. The highest BCUT2D eigenvalue weighted by Gasteiger charge is 2.17. The van der Waals surface area contributed by atoms with Gasteiger partial charge in [0.15, 0.2) is 0 Å². The second-order valence-electron chi connectivity index (χ2n) is 4.18. The molecule has 20 heavy (non-hydrogen) atoms. The van der Waals surface area contributed by atoms with Gasteiger partial charge in [0, 0.05) is 9.90 Å². The molecular formula is C14H10ClFN2OS. The van der Waals surface area contributed by atoms with Gasteiger partial charge >= 0.3 is 0 Å². The van der Waals surface area contributed by atoms with Gasteiger partial charge in [0.25, 0.3) is 5.91 Å². The lowest BCUT2D eigenvalue weighted by molar-refractivity contribution is 0.102. The number of nitriles is 1. The quantitative estimate of drug-likeness (QED) is 0.900. The molecule has 0 radical (unpaired) electrons. The first-order valence-corrected chi connectivity index (χ1v) is 6.90. The zero-order valence-corrected chi connectivity index (χ0v) is 12.3. The predicted molar refractivity (Wildman–Crippen MR) is 77.9 cm³/mol. The lowest BCUT2D eigenvalue weighted by Crippen LogP contribution is -2.13. The summed E-state index contributed by atoms with van der Waals surface area (Å²) in [4.78, 5) is 13.0. The summed E-state index contributed by atoms with van der Waals surface area (Å²) in [6, 6.07) is 5.87. The fourth-order valence-electron chi connectivity index (χ4n) is 1.69. The van der Waals surface area contributed by atoms with Crippen molar-refractivity contribution in [3.05, 3.63) is 50.6 Å². The van der Waals surface area contributed by atoms with E-state index in [2.05, 4.69) is 5.32 Å². The van der Waals surface area contributed by atoms with Crippen LogP contribution in [-0.4, -0.2) is 5.91 Å². The number of carbonyl (C=O) groups is 1. The summed E-state index contributed by atoms with van der Waals surface area (Å²) in [6.07, 6.45) is 0. The molecule has 0 saturated heterocycles. The second-order valence-corrected chi connectivity index (χ2v) is 5.84. The van der Waals surface area contributed by atoms with Gasteiger partial charge in [-0.05, 0) is 37.6 Å². The molecule has 102 valence electrons. The van der Waals surface area contributed by atoms with Gasteiger partial charge in [-0.2, -0.15) is 5.26 Å². The molecule has 1 N–H and O–H groups in total. The van der Waals surface area contributed by atoms with Gasteiger partial charge in [-0.3, -0.25) is 4.79 Å². The standard InChI is InChI=1S/C14H10ClFN2OS/c1-7-8(2)20-14(11(7)6-17)18-13(19)10-4-3-9(15)5-12(10)16/h3-5H,1-2H3,(H,18,19). The Kier molecular flexibility index (Phi) is 4.07. The molecule has 0 unspecified atom stereocenters. The number of aryl methyl sites for hydroxylation is 1. The van der Waals surface area contributed by atoms with Crippen LogP contribution in [0.4, 0.5) is 9.39 Å². The minimum absolute atomic E-state index is 0.109. The molecule has 0 fully saturated rings. The number of nitrogens with one attached hydrogen (secondary N) is 1. The van der Waals surface area contributed by atoms with E-state index in [0.717, 1.165) is 16.5 Å². The molecule has 0 saturated carbocycles. The summed E-state index contributed by atoms with van der Waals surface area (Å²) >= 11 is 6.94. The minimum Gasteiger partial charge on any atom is -0.312 e. The Morgan fingerprint density at radius 1 is 1.45 bits per heavy atom. The van der Waals surface area contributed by atoms with E-state index in [-0.39, 0.29) is 10.6 Å². The number of thiophene rings is 1. The van der Waals surface area contributed by atoms with Crippen LogP contribution in [0.5, 0.6) is 0 Å². The monoisotopic (exact) mass is 308 g/mol. The lowest BCUT2D eigenvalue weighted by atomic mass is 10.1. The maximum absolute atomic E-state index is 13.7. The van der Waals surface area contributed by atoms with E-state index in [1.165, 1.54) is 23.5 Å². The maximum atomic E-state index is 13.7. The third-order valence-electron chi connectivity index (χ3n) is 2.90. The van der Waals surface area contributed by atoms with Crippen molar-refractivity contribution in [2.24, 2.45) is 0 Å². The Bertz CT molecular complexity index is 734. The maximum Gasteiger partial charge on any atom is 0.259 e. The summed E-state index contributed by atoms with van der Waals surface area (Å²) in [7, 11) is 0. The van der Waals surface area contributed by atoms with Crippen LogP contribution < -0.4 is 5.32 Å². The SMILES string of the molecule is Cc1sc(NC(=O)c2ccc(Cl)cc2F)c(C#N)c1C. The fourth-order valence-corrected chi connectivity index (χ4v) is 2.86. The molecular weight excluding hydrogens is 299 g/mol. The number of hydrogen-bond donors (Lipinski definition) is 1. The predicted octanol–water partition coefficient (Wildman–Crippen LogP) is 4.28. The molecule has 0 atom stereocenters. The molecule has 2 aromatic rings. The first-order valence-electron chi connectivity index (χ1n) is 5.70. The van der Waals surface area contributed by atoms with Crippen molar-refractivity contribution in [2.75, 3.05) is 5.32 Å². The van der Waals surface area contributed by atoms with Crippen LogP contribution >= 0.6 is 22.9 Å². The van der Waals surface area contributed by atoms with E-state index >= 15 is 0 Å². The van der Waals surface area contributed by atoms with Crippen molar-refractivity contribution in [3.8, 4) is 6.07 Å². The highest BCUT2D eigenvalue weighted by molar-refractivity contribution is 7.16. The molecule has 1 amide bonds. The summed E-state index contributed by atoms with van der Waals surface area (Å²) in [6.45, 7) is 3.67. The van der Waals surface area contributed by atoms with Gasteiger partial charge < -0.3 is 5.32 Å². The topological polar surface area (TPSA) is 52.9 Å². The van der Waals surface area contributed by atoms with E-state index in [1.54, 1.807) is 0 Å². The van der Waals surface area contributed by atoms with Gasteiger partial charge in [-0.1, -0.05) is 11.6 Å². The van der Waals surface area contributed by atoms with Gasteiger partial charge in [0.1, 0.15) is 16.9 Å². The molecule has 0 aliphatic heterocycles. The van der Waals surface area contributed by atoms with Crippen molar-refractivity contribution < 1.29 is 9.18 Å². The zero-order chi connectivity index (χ0) is 14.9. The molecule has 2 rings (SSSR count). The van der Waals surface area contributed by atoms with E-state index in [4.69, 9.17) is 16.9 Å². The molecule has 1 aromatic heterocycles. The number of benzene rings is 1. The van der Waals surface area contributed by atoms with Gasteiger partial charge in [-0.15, -0.1) is 11.3 Å². The van der Waals surface area contributed by atoms with E-state index in [1.807, 2.05) is 19.9 Å². The number of carbonyl (C=O) groups excluding carboxylic acids is 1. The van der Waals surface area contributed by atoms with E-state index in [9.17, 15) is 9.18 Å². The zero-order valence-electron chi connectivity index (χ0n) is 10.8. The lowest BCUT2D eigenvalue weighted by Gasteiger charge is -2.05. The third kappa shape index (κ3) is 2.67. The van der Waals surface area contributed by atoms with Crippen molar-refractivity contribution in [1.29, 1.82) is 5.26 Å². The van der Waals surface area contributed by atoms with Crippen LogP contribution in [0, 0.1) is 31.0 Å². The highest BCUT2D eigenvalue weighted by atomic mass is 35.5. The highest BCUT2D eigenvalue weighted by Crippen LogP contribution is 2.32. The van der Waals surface area contributed by atoms with Gasteiger partial charge in [-0.25, -0.2) is 4.39 Å². The normalized spacial score (nSPS) is 10.2. The number of rotatable bonds is 2. The molecule has 0 spiro atoms. The second kappa shape index (κ2) is 5.61. The Hall–Kier alpha value is -1.90. The summed E-state index contributed by atoms with van der Waals surface area (Å²) in [5.41, 5.74) is 1.13. The van der Waals surface area contributed by atoms with Gasteiger partial charge in [0.2, 0.25) is 0 Å². The van der Waals surface area contributed by atoms with Crippen LogP contribution in [-0.2, 0) is 0 Å². The molecule has 1 aromatic carbocycles. The first-order chi connectivity index (χ1) is 9.43. The smallest absolute Gasteiger partial charge is 0.259 e. The van der Waals surface area contributed by atoms with Crippen molar-refractivity contribution >= 4 is 33.8 Å². The van der Waals surface area contributed by atoms with Crippen LogP contribution in [0.15, 0.2) is 18.2 Å². The molecule has 0 aliphatic rings. The number of nitrogens with zero attached hydrogens (tertiary/aromatic N) is 1. The average molecular weight is 309 g/mol. The Morgan fingerprint density at radius 3 is 2.75 bits per heavy atom. The third-order valence-corrected chi connectivity index (χ3v) is 4.26. The Morgan fingerprint density at radius 2 is 2.15 bits per heavy atom. The molecule has 0 bridgehead atoms. The van der Waals surface area contributed by atoms with E-state index in [0.29, 0.717) is 10.6 Å². The molecule has 3 nitrogen and oxygen atoms in total. The Balaban J connectivity index is 2.33. The number of hydrogen-bond acceptors (Lipinski definition) is 3. The first kappa shape index (κ1) is 14.5. The summed E-state index contributed by atoms with van der Waals surface area (Å²) in [5.74, 6) is -1.30. The minimum atomic E-state index is -0.696. The van der Waals surface area contributed by atoms with E-state index < -0.39 is 11.7 Å². The number of anilines is 1. The molecule has 6 heteroatoms. The average Bonchev–Trinajstić information content (AvgIpc) is 2.64. The van der Waals surface area contributed by atoms with Gasteiger partial charge in [0.05, 0.1) is 11.1 Å². The summed E-state index contributed by atoms with van der Waals surface area (Å²) in [5, 5.41) is 12.3. The Labute approximate surface area is 124 Å². The van der Waals surface area contributed by atoms with Crippen LogP contribution in [0.3, 0.4) is 0 Å². The number of amides is 1. The van der Waals surface area contributed by atoms with Crippen molar-refractivity contribution in [1.82, 2.24) is 0 Å². The van der Waals surface area contributed by atoms with Crippen LogP contribution in [0.25, 0.3) is 0 Å². The van der Waals surface area contributed by atoms with Crippen molar-refractivity contribution in [2.45, 2.75) is 13.8 Å². The fraction of sp³-hybridized carbons (Fsp3) is 0.143.